The molecule has 0 aliphatic carbocycles. The van der Waals surface area contributed by atoms with Crippen LogP contribution < -0.4 is 0 Å². The quantitative estimate of drug-likeness (QED) is 0.681. The van der Waals surface area contributed by atoms with Crippen molar-refractivity contribution in [2.45, 2.75) is 13.8 Å². The molecule has 0 saturated heterocycles. The average Bonchev–Trinajstić information content (AvgIpc) is 2.98. The van der Waals surface area contributed by atoms with E-state index in [2.05, 4.69) is 37.0 Å². The monoisotopic (exact) mass is 355 g/mol. The minimum Gasteiger partial charge on any atom is -0.481 e. The van der Waals surface area contributed by atoms with Gasteiger partial charge in [-0.15, -0.1) is 23.1 Å². The fourth-order valence-electron chi connectivity index (χ4n) is 2.29. The van der Waals surface area contributed by atoms with Gasteiger partial charge in [0.2, 0.25) is 0 Å². The first-order chi connectivity index (χ1) is 11.5. The number of hydrogen-bond acceptors (Lipinski definition) is 4. The number of carboxylic acid groups (broad SMARTS) is 1. The van der Waals surface area contributed by atoms with Crippen molar-refractivity contribution in [2.75, 3.05) is 5.75 Å². The third-order valence-corrected chi connectivity index (χ3v) is 5.90. The van der Waals surface area contributed by atoms with Gasteiger partial charge in [-0.25, -0.2) is 4.98 Å². The number of carbonyl (C=O) groups is 1. The smallest absolute Gasteiger partial charge is 0.313 e. The molecule has 0 spiro atoms. The molecule has 0 aliphatic rings. The number of thioether (sulfide) groups is 1. The highest BCUT2D eigenvalue weighted by atomic mass is 32.2. The summed E-state index contributed by atoms with van der Waals surface area (Å²) in [6.45, 7) is 4.16. The topological polar surface area (TPSA) is 50.2 Å². The van der Waals surface area contributed by atoms with E-state index in [1.54, 1.807) is 11.3 Å². The highest BCUT2D eigenvalue weighted by Crippen LogP contribution is 2.35. The molecule has 1 aromatic heterocycles. The minimum atomic E-state index is -0.827. The molecule has 5 heteroatoms. The van der Waals surface area contributed by atoms with Crippen LogP contribution >= 0.6 is 23.1 Å². The van der Waals surface area contributed by atoms with E-state index in [-0.39, 0.29) is 5.75 Å². The molecule has 0 amide bonds. The van der Waals surface area contributed by atoms with Crippen LogP contribution in [0.3, 0.4) is 0 Å². The van der Waals surface area contributed by atoms with E-state index < -0.39 is 5.97 Å². The molecule has 0 fully saturated rings. The van der Waals surface area contributed by atoms with E-state index >= 15 is 0 Å². The highest BCUT2D eigenvalue weighted by Gasteiger charge is 2.12. The molecule has 24 heavy (non-hydrogen) atoms. The molecule has 0 unspecified atom stereocenters. The van der Waals surface area contributed by atoms with Gasteiger partial charge in [-0.2, -0.15) is 0 Å². The zero-order valence-corrected chi connectivity index (χ0v) is 15.1. The van der Waals surface area contributed by atoms with E-state index in [1.807, 2.05) is 30.3 Å². The number of hydrogen-bond donors (Lipinski definition) is 1. The lowest BCUT2D eigenvalue weighted by molar-refractivity contribution is -0.133. The predicted molar refractivity (Wildman–Crippen MR) is 104 cm³/mol. The van der Waals surface area contributed by atoms with Gasteiger partial charge in [-0.3, -0.25) is 4.79 Å². The molecular formula is C19H17NO2S2. The van der Waals surface area contributed by atoms with Crippen LogP contribution in [-0.4, -0.2) is 21.8 Å². The molecule has 2 aromatic carbocycles. The Morgan fingerprint density at radius 3 is 2.71 bits per heavy atom. The van der Waals surface area contributed by atoms with Crippen molar-refractivity contribution < 1.29 is 9.90 Å². The molecule has 0 atom stereocenters. The lowest BCUT2D eigenvalue weighted by Gasteiger charge is -2.05. The summed E-state index contributed by atoms with van der Waals surface area (Å²) >= 11 is 2.90. The summed E-state index contributed by atoms with van der Waals surface area (Å²) in [5.74, 6) is -0.806. The van der Waals surface area contributed by atoms with E-state index in [9.17, 15) is 4.79 Å². The fourth-order valence-corrected chi connectivity index (χ4v) is 4.13. The van der Waals surface area contributed by atoms with Crippen LogP contribution in [0.4, 0.5) is 0 Å². The number of aryl methyl sites for hydroxylation is 2. The molecule has 1 N–H and O–H groups in total. The zero-order valence-electron chi connectivity index (χ0n) is 13.4. The van der Waals surface area contributed by atoms with E-state index in [1.165, 1.54) is 22.9 Å². The van der Waals surface area contributed by atoms with Crippen LogP contribution in [0.1, 0.15) is 21.7 Å². The first-order valence-electron chi connectivity index (χ1n) is 7.52. The van der Waals surface area contributed by atoms with Gasteiger partial charge in [0.05, 0.1) is 16.0 Å². The second-order valence-corrected chi connectivity index (χ2v) is 7.57. The zero-order chi connectivity index (χ0) is 17.1. The van der Waals surface area contributed by atoms with Crippen LogP contribution in [0.2, 0.25) is 0 Å². The van der Waals surface area contributed by atoms with Gasteiger partial charge in [-0.1, -0.05) is 30.3 Å². The Morgan fingerprint density at radius 1 is 1.21 bits per heavy atom. The van der Waals surface area contributed by atoms with E-state index in [0.717, 1.165) is 25.7 Å². The standard InChI is InChI=1S/C19H17NO2S2/c1-12-7-8-14(9-13(12)2)10-17(23-11-18(21)22)19-20-15-5-3-4-6-16(15)24-19/h3-10H,11H2,1-2H3,(H,21,22). The SMILES string of the molecule is Cc1ccc(C=C(SCC(=O)O)c2nc3ccccc3s2)cc1C. The fraction of sp³-hybridized carbons (Fsp3) is 0.158. The van der Waals surface area contributed by atoms with Crippen molar-refractivity contribution in [2.24, 2.45) is 0 Å². The first-order valence-corrected chi connectivity index (χ1v) is 9.32. The number of thiazole rings is 1. The van der Waals surface area contributed by atoms with Gasteiger partial charge in [0.15, 0.2) is 0 Å². The Kier molecular flexibility index (Phi) is 5.02. The Bertz CT molecular complexity index is 895. The number of para-hydroxylation sites is 1. The van der Waals surface area contributed by atoms with Crippen molar-refractivity contribution in [1.29, 1.82) is 0 Å². The van der Waals surface area contributed by atoms with Gasteiger partial charge in [0.1, 0.15) is 5.01 Å². The highest BCUT2D eigenvalue weighted by molar-refractivity contribution is 8.09. The Labute approximate surface area is 149 Å². The second-order valence-electron chi connectivity index (χ2n) is 5.52. The van der Waals surface area contributed by atoms with Crippen molar-refractivity contribution in [1.82, 2.24) is 4.98 Å². The van der Waals surface area contributed by atoms with Gasteiger partial charge in [0.25, 0.3) is 0 Å². The maximum absolute atomic E-state index is 11.0. The number of benzene rings is 2. The Morgan fingerprint density at radius 2 is 2.00 bits per heavy atom. The second kappa shape index (κ2) is 7.20. The summed E-state index contributed by atoms with van der Waals surface area (Å²) in [4.78, 5) is 16.5. The van der Waals surface area contributed by atoms with Crippen LogP contribution in [0.15, 0.2) is 42.5 Å². The van der Waals surface area contributed by atoms with Crippen molar-refractivity contribution in [3.05, 3.63) is 64.2 Å². The largest absolute Gasteiger partial charge is 0.481 e. The molecule has 3 rings (SSSR count). The molecule has 0 radical (unpaired) electrons. The summed E-state index contributed by atoms with van der Waals surface area (Å²) in [6, 6.07) is 14.2. The number of rotatable bonds is 5. The summed E-state index contributed by atoms with van der Waals surface area (Å²) in [5.41, 5.74) is 4.46. The van der Waals surface area contributed by atoms with Gasteiger partial charge in [-0.05, 0) is 48.7 Å². The molecule has 0 aliphatic heterocycles. The third kappa shape index (κ3) is 3.86. The molecule has 1 heterocycles. The lowest BCUT2D eigenvalue weighted by Crippen LogP contribution is -1.98. The molecule has 3 nitrogen and oxygen atoms in total. The number of aliphatic carboxylic acids is 1. The van der Waals surface area contributed by atoms with Gasteiger partial charge >= 0.3 is 5.97 Å². The van der Waals surface area contributed by atoms with Crippen LogP contribution in [0.5, 0.6) is 0 Å². The number of carboxylic acids is 1. The number of nitrogens with zero attached hydrogens (tertiary/aromatic N) is 1. The Hall–Kier alpha value is -2.11. The Balaban J connectivity index is 2.02. The van der Waals surface area contributed by atoms with Crippen LogP contribution in [-0.2, 0) is 4.79 Å². The lowest BCUT2D eigenvalue weighted by atomic mass is 10.1. The first kappa shape index (κ1) is 16.7. The number of aromatic nitrogens is 1. The van der Waals surface area contributed by atoms with E-state index in [4.69, 9.17) is 5.11 Å². The maximum atomic E-state index is 11.0. The predicted octanol–water partition coefficient (Wildman–Crippen LogP) is 5.23. The summed E-state index contributed by atoms with van der Waals surface area (Å²) in [5, 5.41) is 9.89. The molecule has 122 valence electrons. The van der Waals surface area contributed by atoms with Crippen molar-refractivity contribution >= 4 is 50.3 Å². The molecule has 0 bridgehead atoms. The normalized spacial score (nSPS) is 11.8. The maximum Gasteiger partial charge on any atom is 0.313 e. The van der Waals surface area contributed by atoms with Crippen LogP contribution in [0.25, 0.3) is 21.2 Å². The average molecular weight is 355 g/mol. The number of fused-ring (bicyclic) bond motifs is 1. The summed E-state index contributed by atoms with van der Waals surface area (Å²) < 4.78 is 1.11. The van der Waals surface area contributed by atoms with E-state index in [0.29, 0.717) is 0 Å². The van der Waals surface area contributed by atoms with Crippen molar-refractivity contribution in [3.63, 3.8) is 0 Å². The van der Waals surface area contributed by atoms with Crippen LogP contribution in [0, 0.1) is 13.8 Å². The third-order valence-electron chi connectivity index (χ3n) is 3.68. The molecule has 0 saturated carbocycles. The van der Waals surface area contributed by atoms with Gasteiger partial charge < -0.3 is 5.11 Å². The van der Waals surface area contributed by atoms with Gasteiger partial charge in [0, 0.05) is 4.91 Å². The summed E-state index contributed by atoms with van der Waals surface area (Å²) in [6.07, 6.45) is 2.03. The molecular weight excluding hydrogens is 338 g/mol. The van der Waals surface area contributed by atoms with Crippen molar-refractivity contribution in [3.8, 4) is 0 Å². The molecule has 3 aromatic rings. The summed E-state index contributed by atoms with van der Waals surface area (Å²) in [7, 11) is 0. The minimum absolute atomic E-state index is 0.0204.